The smallest absolute Gasteiger partial charge is 0.167 e. The average Bonchev–Trinajstić information content (AvgIpc) is 3.11. The fourth-order valence-electron chi connectivity index (χ4n) is 3.35. The lowest BCUT2D eigenvalue weighted by atomic mass is 10.1. The van der Waals surface area contributed by atoms with Gasteiger partial charge >= 0.3 is 0 Å². The number of nitrogens with zero attached hydrogens (tertiary/aromatic N) is 1. The summed E-state index contributed by atoms with van der Waals surface area (Å²) >= 11 is 8.08. The van der Waals surface area contributed by atoms with Crippen LogP contribution in [-0.4, -0.2) is 10.7 Å². The van der Waals surface area contributed by atoms with Gasteiger partial charge in [-0.05, 0) is 53.4 Å². The monoisotopic (exact) mass is 405 g/mol. The molecule has 0 N–H and O–H groups in total. The van der Waals surface area contributed by atoms with E-state index >= 15 is 0 Å². The highest BCUT2D eigenvalue weighted by molar-refractivity contribution is 7.98. The van der Waals surface area contributed by atoms with Gasteiger partial charge in [0.25, 0.3) is 0 Å². The molecular weight excluding hydrogens is 386 g/mol. The largest absolute Gasteiger partial charge is 0.313 e. The molecule has 2 aromatic heterocycles. The van der Waals surface area contributed by atoms with E-state index in [0.29, 0.717) is 10.7 Å². The van der Waals surface area contributed by atoms with E-state index in [0.717, 1.165) is 40.0 Å². The number of benzene rings is 2. The van der Waals surface area contributed by atoms with Crippen LogP contribution in [-0.2, 0) is 12.2 Å². The lowest BCUT2D eigenvalue weighted by molar-refractivity contribution is 0.111. The highest BCUT2D eigenvalue weighted by Gasteiger charge is 2.16. The zero-order valence-corrected chi connectivity index (χ0v) is 17.1. The Morgan fingerprint density at radius 3 is 2.54 bits per heavy atom. The van der Waals surface area contributed by atoms with E-state index in [4.69, 9.17) is 11.6 Å². The summed E-state index contributed by atoms with van der Waals surface area (Å²) in [5, 5.41) is 0.667. The number of halogens is 1. The van der Waals surface area contributed by atoms with Gasteiger partial charge in [-0.3, -0.25) is 4.79 Å². The zero-order chi connectivity index (χ0) is 19.5. The van der Waals surface area contributed by atoms with Crippen LogP contribution in [0.4, 0.5) is 0 Å². The van der Waals surface area contributed by atoms with Crippen molar-refractivity contribution < 1.29 is 4.79 Å². The number of rotatable bonds is 6. The van der Waals surface area contributed by atoms with Crippen LogP contribution in [0, 0.1) is 0 Å². The zero-order valence-electron chi connectivity index (χ0n) is 15.6. The van der Waals surface area contributed by atoms with Gasteiger partial charge in [0.1, 0.15) is 0 Å². The Kier molecular flexibility index (Phi) is 5.56. The van der Waals surface area contributed by atoms with Crippen LogP contribution in [0.15, 0.2) is 77.8 Å². The highest BCUT2D eigenvalue weighted by Crippen LogP contribution is 2.38. The first-order valence-corrected chi connectivity index (χ1v) is 10.6. The highest BCUT2D eigenvalue weighted by atomic mass is 35.5. The molecule has 2 heterocycles. The second-order valence-corrected chi connectivity index (χ2v) is 8.12. The van der Waals surface area contributed by atoms with E-state index < -0.39 is 0 Å². The molecule has 0 radical (unpaired) electrons. The summed E-state index contributed by atoms with van der Waals surface area (Å²) in [5.41, 5.74) is 6.04. The van der Waals surface area contributed by atoms with Gasteiger partial charge in [-0.25, -0.2) is 0 Å². The molecule has 0 spiro atoms. The first-order chi connectivity index (χ1) is 13.7. The minimum absolute atomic E-state index is 0.661. The third-order valence-corrected chi connectivity index (χ3v) is 6.24. The molecular formula is C24H20ClNOS. The first kappa shape index (κ1) is 18.9. The minimum atomic E-state index is 0.661. The van der Waals surface area contributed by atoms with Gasteiger partial charge in [0.05, 0.1) is 5.69 Å². The molecule has 4 heteroatoms. The summed E-state index contributed by atoms with van der Waals surface area (Å²) in [6.07, 6.45) is 3.91. The van der Waals surface area contributed by atoms with Crippen molar-refractivity contribution in [3.63, 3.8) is 0 Å². The van der Waals surface area contributed by atoms with Gasteiger partial charge in [0, 0.05) is 32.9 Å². The fraction of sp³-hybridized carbons (Fsp3) is 0.125. The van der Waals surface area contributed by atoms with Crippen LogP contribution >= 0.6 is 23.4 Å². The molecule has 28 heavy (non-hydrogen) atoms. The molecule has 0 saturated heterocycles. The van der Waals surface area contributed by atoms with Gasteiger partial charge < -0.3 is 4.40 Å². The van der Waals surface area contributed by atoms with E-state index in [9.17, 15) is 4.79 Å². The van der Waals surface area contributed by atoms with Crippen LogP contribution in [0.25, 0.3) is 16.6 Å². The number of aldehydes is 1. The predicted molar refractivity (Wildman–Crippen MR) is 119 cm³/mol. The maximum Gasteiger partial charge on any atom is 0.167 e. The molecule has 2 aromatic carbocycles. The Balaban J connectivity index is 1.80. The summed E-state index contributed by atoms with van der Waals surface area (Å²) in [5.74, 6) is 0.860. The van der Waals surface area contributed by atoms with Crippen molar-refractivity contribution in [2.24, 2.45) is 0 Å². The molecule has 4 rings (SSSR count). The van der Waals surface area contributed by atoms with Crippen molar-refractivity contribution in [1.82, 2.24) is 4.40 Å². The summed E-state index contributed by atoms with van der Waals surface area (Å²) in [6.45, 7) is 2.11. The Labute approximate surface area is 174 Å². The van der Waals surface area contributed by atoms with Gasteiger partial charge in [-0.2, -0.15) is 0 Å². The normalized spacial score (nSPS) is 11.1. The number of aryl methyl sites for hydroxylation is 1. The Morgan fingerprint density at radius 2 is 1.79 bits per heavy atom. The number of fused-ring (bicyclic) bond motifs is 1. The molecule has 0 aliphatic carbocycles. The lowest BCUT2D eigenvalue weighted by Gasteiger charge is -2.10. The standard InChI is InChI=1S/C24H20ClNOS/c1-2-17-8-10-20-13-21(23(15-27)26(20)14-17)22-12-19(25)9-11-24(22)28-16-18-6-4-3-5-7-18/h3-15H,2,16H2,1H3. The number of hydrogen-bond donors (Lipinski definition) is 0. The minimum Gasteiger partial charge on any atom is -0.313 e. The van der Waals surface area contributed by atoms with Crippen molar-refractivity contribution in [2.75, 3.05) is 0 Å². The summed E-state index contributed by atoms with van der Waals surface area (Å²) in [6, 6.07) is 22.5. The third-order valence-electron chi connectivity index (χ3n) is 4.86. The topological polar surface area (TPSA) is 21.5 Å². The molecule has 0 amide bonds. The summed E-state index contributed by atoms with van der Waals surface area (Å²) in [7, 11) is 0. The molecule has 0 unspecified atom stereocenters. The van der Waals surface area contributed by atoms with E-state index in [1.165, 1.54) is 11.1 Å². The number of pyridine rings is 1. The molecule has 4 aromatic rings. The van der Waals surface area contributed by atoms with Crippen molar-refractivity contribution in [3.8, 4) is 11.1 Å². The molecule has 2 nitrogen and oxygen atoms in total. The van der Waals surface area contributed by atoms with Gasteiger partial charge in [-0.1, -0.05) is 54.9 Å². The van der Waals surface area contributed by atoms with E-state index in [-0.39, 0.29) is 0 Å². The van der Waals surface area contributed by atoms with Crippen LogP contribution < -0.4 is 0 Å². The van der Waals surface area contributed by atoms with E-state index in [2.05, 4.69) is 49.4 Å². The molecule has 0 aliphatic rings. The molecule has 0 bridgehead atoms. The third kappa shape index (κ3) is 3.73. The number of aromatic nitrogens is 1. The molecule has 0 atom stereocenters. The summed E-state index contributed by atoms with van der Waals surface area (Å²) < 4.78 is 1.98. The lowest BCUT2D eigenvalue weighted by Crippen LogP contribution is -1.95. The second-order valence-electron chi connectivity index (χ2n) is 6.66. The number of thioether (sulfide) groups is 1. The average molecular weight is 406 g/mol. The van der Waals surface area contributed by atoms with Gasteiger partial charge in [0.15, 0.2) is 6.29 Å². The first-order valence-electron chi connectivity index (χ1n) is 9.25. The van der Waals surface area contributed by atoms with Crippen LogP contribution in [0.5, 0.6) is 0 Å². The molecule has 0 fully saturated rings. The predicted octanol–water partition coefficient (Wildman–Crippen LogP) is 6.93. The quantitative estimate of drug-likeness (QED) is 0.256. The Bertz CT molecular complexity index is 1130. The van der Waals surface area contributed by atoms with Crippen molar-refractivity contribution in [1.29, 1.82) is 0 Å². The Hall–Kier alpha value is -2.49. The van der Waals surface area contributed by atoms with Crippen molar-refractivity contribution >= 4 is 35.2 Å². The van der Waals surface area contributed by atoms with E-state index in [1.54, 1.807) is 11.8 Å². The van der Waals surface area contributed by atoms with Crippen LogP contribution in [0.2, 0.25) is 5.02 Å². The van der Waals surface area contributed by atoms with Gasteiger partial charge in [-0.15, -0.1) is 11.8 Å². The number of carbonyl (C=O) groups is 1. The molecule has 0 saturated carbocycles. The van der Waals surface area contributed by atoms with Crippen molar-refractivity contribution in [3.05, 3.63) is 94.8 Å². The summed E-state index contributed by atoms with van der Waals surface area (Å²) in [4.78, 5) is 13.1. The van der Waals surface area contributed by atoms with Gasteiger partial charge in [0.2, 0.25) is 0 Å². The maximum absolute atomic E-state index is 12.0. The Morgan fingerprint density at radius 1 is 0.964 bits per heavy atom. The van der Waals surface area contributed by atoms with E-state index in [1.807, 2.05) is 34.9 Å². The maximum atomic E-state index is 12.0. The number of carbonyl (C=O) groups excluding carboxylic acids is 1. The second kappa shape index (κ2) is 8.26. The molecule has 140 valence electrons. The van der Waals surface area contributed by atoms with Crippen LogP contribution in [0.3, 0.4) is 0 Å². The SMILES string of the molecule is CCc1ccc2cc(-c3cc(Cl)ccc3SCc3ccccc3)c(C=O)n2c1. The van der Waals surface area contributed by atoms with Crippen LogP contribution in [0.1, 0.15) is 28.5 Å². The molecule has 0 aliphatic heterocycles. The van der Waals surface area contributed by atoms with Crippen molar-refractivity contribution in [2.45, 2.75) is 24.0 Å². The number of hydrogen-bond acceptors (Lipinski definition) is 2. The fourth-order valence-corrected chi connectivity index (χ4v) is 4.53.